The Balaban J connectivity index is 2.29. The minimum absolute atomic E-state index is 0.212. The van der Waals surface area contributed by atoms with Crippen LogP contribution in [0.2, 0.25) is 0 Å². The maximum absolute atomic E-state index is 9.30. The van der Waals surface area contributed by atoms with Crippen molar-refractivity contribution in [3.8, 4) is 17.1 Å². The minimum Gasteiger partial charge on any atom is -0.508 e. The zero-order valence-electron chi connectivity index (χ0n) is 8.18. The van der Waals surface area contributed by atoms with Gasteiger partial charge in [-0.3, -0.25) is 0 Å². The van der Waals surface area contributed by atoms with E-state index in [1.807, 2.05) is 6.07 Å². The highest BCUT2D eigenvalue weighted by molar-refractivity contribution is 5.58. The van der Waals surface area contributed by atoms with Crippen LogP contribution in [-0.2, 0) is 6.42 Å². The molecular formula is C11H12N2O2. The molecule has 0 saturated carbocycles. The molecule has 1 aromatic carbocycles. The highest BCUT2D eigenvalue weighted by Crippen LogP contribution is 2.23. The summed E-state index contributed by atoms with van der Waals surface area (Å²) < 4.78 is 5.46. The Labute approximate surface area is 87.4 Å². The van der Waals surface area contributed by atoms with Crippen LogP contribution in [0, 0.1) is 0 Å². The molecule has 4 nitrogen and oxygen atoms in total. The Morgan fingerprint density at radius 1 is 1.40 bits per heavy atom. The standard InChI is InChI=1S/C11H12N2O2/c12-5-4-11-13-7-10(15-11)8-2-1-3-9(14)6-8/h1-3,6-7,14H,4-5,12H2. The number of phenolic OH excluding ortho intramolecular Hbond substituents is 1. The van der Waals surface area contributed by atoms with E-state index < -0.39 is 0 Å². The maximum atomic E-state index is 9.30. The molecule has 78 valence electrons. The summed E-state index contributed by atoms with van der Waals surface area (Å²) in [6, 6.07) is 6.86. The first-order chi connectivity index (χ1) is 7.29. The Morgan fingerprint density at radius 2 is 2.27 bits per heavy atom. The maximum Gasteiger partial charge on any atom is 0.196 e. The fourth-order valence-electron chi connectivity index (χ4n) is 1.34. The lowest BCUT2D eigenvalue weighted by Crippen LogP contribution is -2.02. The second kappa shape index (κ2) is 4.14. The lowest BCUT2D eigenvalue weighted by molar-refractivity contribution is 0.474. The number of benzene rings is 1. The van der Waals surface area contributed by atoms with Crippen molar-refractivity contribution in [2.75, 3.05) is 6.54 Å². The number of hydrogen-bond acceptors (Lipinski definition) is 4. The van der Waals surface area contributed by atoms with Crippen LogP contribution in [0.4, 0.5) is 0 Å². The van der Waals surface area contributed by atoms with Gasteiger partial charge in [0.25, 0.3) is 0 Å². The van der Waals surface area contributed by atoms with Crippen molar-refractivity contribution < 1.29 is 9.52 Å². The van der Waals surface area contributed by atoms with Crippen LogP contribution >= 0.6 is 0 Å². The molecule has 1 heterocycles. The molecule has 2 aromatic rings. The van der Waals surface area contributed by atoms with E-state index in [0.717, 1.165) is 5.56 Å². The van der Waals surface area contributed by atoms with Gasteiger partial charge < -0.3 is 15.3 Å². The van der Waals surface area contributed by atoms with Gasteiger partial charge in [-0.1, -0.05) is 12.1 Å². The summed E-state index contributed by atoms with van der Waals surface area (Å²) >= 11 is 0. The van der Waals surface area contributed by atoms with Gasteiger partial charge in [-0.2, -0.15) is 0 Å². The van der Waals surface area contributed by atoms with E-state index >= 15 is 0 Å². The fourth-order valence-corrected chi connectivity index (χ4v) is 1.34. The second-order valence-electron chi connectivity index (χ2n) is 3.21. The Bertz CT molecular complexity index is 451. The molecule has 15 heavy (non-hydrogen) atoms. The predicted octanol–water partition coefficient (Wildman–Crippen LogP) is 1.55. The normalized spacial score (nSPS) is 10.5. The first-order valence-corrected chi connectivity index (χ1v) is 4.74. The Morgan fingerprint density at radius 3 is 3.00 bits per heavy atom. The molecule has 0 atom stereocenters. The SMILES string of the molecule is NCCc1ncc(-c2cccc(O)c2)o1. The van der Waals surface area contributed by atoms with Crippen LogP contribution in [0.25, 0.3) is 11.3 Å². The van der Waals surface area contributed by atoms with Crippen LogP contribution in [-0.4, -0.2) is 16.6 Å². The van der Waals surface area contributed by atoms with E-state index in [9.17, 15) is 5.11 Å². The molecule has 0 saturated heterocycles. The van der Waals surface area contributed by atoms with Crippen LogP contribution in [0.15, 0.2) is 34.9 Å². The van der Waals surface area contributed by atoms with Gasteiger partial charge in [0.05, 0.1) is 6.20 Å². The number of aromatic nitrogens is 1. The molecule has 0 amide bonds. The summed E-state index contributed by atoms with van der Waals surface area (Å²) in [6.07, 6.45) is 2.26. The van der Waals surface area contributed by atoms with Crippen LogP contribution < -0.4 is 5.73 Å². The molecule has 0 radical (unpaired) electrons. The van der Waals surface area contributed by atoms with Gasteiger partial charge in [-0.15, -0.1) is 0 Å². The summed E-state index contributed by atoms with van der Waals surface area (Å²) in [5.41, 5.74) is 6.20. The number of rotatable bonds is 3. The van der Waals surface area contributed by atoms with Gasteiger partial charge in [0.2, 0.25) is 0 Å². The van der Waals surface area contributed by atoms with Crippen LogP contribution in [0.5, 0.6) is 5.75 Å². The van der Waals surface area contributed by atoms with Crippen molar-refractivity contribution in [1.82, 2.24) is 4.98 Å². The van der Waals surface area contributed by atoms with Gasteiger partial charge in [0, 0.05) is 18.5 Å². The van der Waals surface area contributed by atoms with Gasteiger partial charge in [-0.25, -0.2) is 4.98 Å². The number of nitrogens with two attached hydrogens (primary N) is 1. The average molecular weight is 204 g/mol. The quantitative estimate of drug-likeness (QED) is 0.795. The molecule has 1 aromatic heterocycles. The lowest BCUT2D eigenvalue weighted by Gasteiger charge is -1.96. The number of nitrogens with zero attached hydrogens (tertiary/aromatic N) is 1. The first-order valence-electron chi connectivity index (χ1n) is 4.74. The molecule has 2 rings (SSSR count). The smallest absolute Gasteiger partial charge is 0.196 e. The minimum atomic E-state index is 0.212. The van der Waals surface area contributed by atoms with Crippen molar-refractivity contribution >= 4 is 0 Å². The number of aromatic hydroxyl groups is 1. The molecule has 0 aliphatic heterocycles. The monoisotopic (exact) mass is 204 g/mol. The zero-order chi connectivity index (χ0) is 10.7. The largest absolute Gasteiger partial charge is 0.508 e. The van der Waals surface area contributed by atoms with E-state index in [1.54, 1.807) is 24.4 Å². The Kier molecular flexibility index (Phi) is 2.69. The topological polar surface area (TPSA) is 72.3 Å². The third-order valence-electron chi connectivity index (χ3n) is 2.04. The number of phenols is 1. The molecule has 0 unspecified atom stereocenters. The van der Waals surface area contributed by atoms with Gasteiger partial charge in [0.1, 0.15) is 5.75 Å². The second-order valence-corrected chi connectivity index (χ2v) is 3.21. The number of hydrogen-bond donors (Lipinski definition) is 2. The summed E-state index contributed by atoms with van der Waals surface area (Å²) in [5, 5.41) is 9.30. The fraction of sp³-hybridized carbons (Fsp3) is 0.182. The van der Waals surface area contributed by atoms with Gasteiger partial charge in [0.15, 0.2) is 11.7 Å². The van der Waals surface area contributed by atoms with E-state index in [4.69, 9.17) is 10.2 Å². The third kappa shape index (κ3) is 2.16. The van der Waals surface area contributed by atoms with E-state index in [0.29, 0.717) is 24.6 Å². The van der Waals surface area contributed by atoms with Crippen molar-refractivity contribution in [2.45, 2.75) is 6.42 Å². The van der Waals surface area contributed by atoms with Crippen LogP contribution in [0.1, 0.15) is 5.89 Å². The molecule has 0 fully saturated rings. The van der Waals surface area contributed by atoms with E-state index in [-0.39, 0.29) is 5.75 Å². The zero-order valence-corrected chi connectivity index (χ0v) is 8.18. The predicted molar refractivity (Wildman–Crippen MR) is 56.4 cm³/mol. The summed E-state index contributed by atoms with van der Waals surface area (Å²) in [5.74, 6) is 1.48. The lowest BCUT2D eigenvalue weighted by atomic mass is 10.2. The van der Waals surface area contributed by atoms with Crippen molar-refractivity contribution in [3.63, 3.8) is 0 Å². The summed E-state index contributed by atoms with van der Waals surface area (Å²) in [7, 11) is 0. The van der Waals surface area contributed by atoms with E-state index in [1.165, 1.54) is 0 Å². The summed E-state index contributed by atoms with van der Waals surface area (Å²) in [4.78, 5) is 4.08. The van der Waals surface area contributed by atoms with Gasteiger partial charge >= 0.3 is 0 Å². The molecule has 0 spiro atoms. The molecular weight excluding hydrogens is 192 g/mol. The average Bonchev–Trinajstić information content (AvgIpc) is 2.67. The molecule has 4 heteroatoms. The van der Waals surface area contributed by atoms with Gasteiger partial charge in [-0.05, 0) is 12.1 Å². The molecule has 0 bridgehead atoms. The highest BCUT2D eigenvalue weighted by Gasteiger charge is 2.05. The number of oxazole rings is 1. The molecule has 0 aliphatic rings. The summed E-state index contributed by atoms with van der Waals surface area (Å²) in [6.45, 7) is 0.514. The third-order valence-corrected chi connectivity index (χ3v) is 2.04. The first kappa shape index (κ1) is 9.73. The van der Waals surface area contributed by atoms with Crippen molar-refractivity contribution in [1.29, 1.82) is 0 Å². The van der Waals surface area contributed by atoms with Crippen molar-refractivity contribution in [3.05, 3.63) is 36.4 Å². The molecule has 0 aliphatic carbocycles. The van der Waals surface area contributed by atoms with Crippen LogP contribution in [0.3, 0.4) is 0 Å². The molecule has 3 N–H and O–H groups in total. The Hall–Kier alpha value is -1.81. The highest BCUT2D eigenvalue weighted by atomic mass is 16.4. The van der Waals surface area contributed by atoms with E-state index in [2.05, 4.69) is 4.98 Å². The van der Waals surface area contributed by atoms with Crippen molar-refractivity contribution in [2.24, 2.45) is 5.73 Å².